The molecular weight excluding hydrogens is 238 g/mol. The molecule has 0 spiro atoms. The zero-order chi connectivity index (χ0) is 12.3. The normalized spacial score (nSPS) is 16.9. The molecule has 0 aromatic heterocycles. The monoisotopic (exact) mass is 253 g/mol. The van der Waals surface area contributed by atoms with Gasteiger partial charge in [0.25, 0.3) is 5.69 Å². The van der Waals surface area contributed by atoms with Gasteiger partial charge in [0.15, 0.2) is 0 Å². The van der Waals surface area contributed by atoms with Gasteiger partial charge < -0.3 is 4.90 Å². The van der Waals surface area contributed by atoms with Gasteiger partial charge >= 0.3 is 0 Å². The third-order valence-electron chi connectivity index (χ3n) is 2.88. The van der Waals surface area contributed by atoms with Crippen molar-refractivity contribution >= 4 is 22.1 Å². The minimum absolute atomic E-state index is 0.147. The van der Waals surface area contributed by atoms with Crippen LogP contribution in [0.4, 0.5) is 11.4 Å². The first-order valence-corrected chi connectivity index (χ1v) is 6.99. The summed E-state index contributed by atoms with van der Waals surface area (Å²) in [5.41, 5.74) is 1.21. The highest BCUT2D eigenvalue weighted by Gasteiger charge is 2.14. The predicted molar refractivity (Wildman–Crippen MR) is 70.8 cm³/mol. The van der Waals surface area contributed by atoms with Gasteiger partial charge in [0.2, 0.25) is 0 Å². The molecule has 0 unspecified atom stereocenters. The second-order valence-electron chi connectivity index (χ2n) is 3.81. The summed E-state index contributed by atoms with van der Waals surface area (Å²) >= 11 is 0. The smallest absolute Gasteiger partial charge is 0.269 e. The summed E-state index contributed by atoms with van der Waals surface area (Å²) in [6.07, 6.45) is 0. The molecule has 1 aliphatic rings. The molecular formula is C11H15N3O2S. The lowest BCUT2D eigenvalue weighted by Gasteiger charge is -2.30. The van der Waals surface area contributed by atoms with Gasteiger partial charge in [-0.25, -0.2) is 0 Å². The van der Waals surface area contributed by atoms with Crippen LogP contribution in [0.5, 0.6) is 0 Å². The maximum absolute atomic E-state index is 10.6. The lowest BCUT2D eigenvalue weighted by atomic mass is 10.2. The Labute approximate surface area is 103 Å². The van der Waals surface area contributed by atoms with Crippen molar-refractivity contribution in [1.29, 1.82) is 0 Å². The van der Waals surface area contributed by atoms with Gasteiger partial charge in [0.05, 0.1) is 4.92 Å². The molecule has 0 bridgehead atoms. The van der Waals surface area contributed by atoms with Gasteiger partial charge in [-0.3, -0.25) is 14.5 Å². The Morgan fingerprint density at radius 2 is 1.88 bits per heavy atom. The van der Waals surface area contributed by atoms with Crippen LogP contribution in [0.3, 0.4) is 0 Å². The van der Waals surface area contributed by atoms with Crippen LogP contribution in [-0.2, 0) is 10.7 Å². The number of nitro benzene ring substituents is 1. The number of nitro groups is 1. The van der Waals surface area contributed by atoms with Gasteiger partial charge in [-0.15, -0.1) is 0 Å². The van der Waals surface area contributed by atoms with Gasteiger partial charge in [-0.1, -0.05) is 10.7 Å². The van der Waals surface area contributed by atoms with Crippen LogP contribution in [0.2, 0.25) is 0 Å². The topological polar surface area (TPSA) is 58.7 Å². The minimum atomic E-state index is -0.368. The van der Waals surface area contributed by atoms with Crippen molar-refractivity contribution in [3.63, 3.8) is 0 Å². The van der Waals surface area contributed by atoms with Crippen LogP contribution in [0.25, 0.3) is 0 Å². The first-order valence-electron chi connectivity index (χ1n) is 5.47. The number of anilines is 1. The highest BCUT2D eigenvalue weighted by molar-refractivity contribution is 7.87. The van der Waals surface area contributed by atoms with E-state index in [-0.39, 0.29) is 21.3 Å². The SMILES string of the molecule is CN=S1CCN(c2ccc([N+](=O)[O-])cc2)CC1. The summed E-state index contributed by atoms with van der Waals surface area (Å²) in [4.78, 5) is 12.4. The highest BCUT2D eigenvalue weighted by Crippen LogP contribution is 2.20. The Bertz CT molecular complexity index is 435. The Balaban J connectivity index is 2.06. The van der Waals surface area contributed by atoms with E-state index in [1.165, 1.54) is 0 Å². The maximum Gasteiger partial charge on any atom is 0.269 e. The number of nitrogens with zero attached hydrogens (tertiary/aromatic N) is 3. The molecule has 17 heavy (non-hydrogen) atoms. The number of hydrogen-bond donors (Lipinski definition) is 0. The summed E-state index contributed by atoms with van der Waals surface area (Å²) in [5.74, 6) is 2.18. The largest absolute Gasteiger partial charge is 0.370 e. The minimum Gasteiger partial charge on any atom is -0.370 e. The van der Waals surface area contributed by atoms with Crippen molar-refractivity contribution in [2.45, 2.75) is 0 Å². The summed E-state index contributed by atoms with van der Waals surface area (Å²) in [6, 6.07) is 6.77. The lowest BCUT2D eigenvalue weighted by Crippen LogP contribution is -2.37. The maximum atomic E-state index is 10.6. The van der Waals surface area contributed by atoms with E-state index in [0.717, 1.165) is 30.3 Å². The van der Waals surface area contributed by atoms with E-state index in [4.69, 9.17) is 0 Å². The number of rotatable bonds is 2. The number of non-ortho nitro benzene ring substituents is 1. The second-order valence-corrected chi connectivity index (χ2v) is 5.92. The molecule has 1 heterocycles. The van der Waals surface area contributed by atoms with Crippen molar-refractivity contribution in [3.8, 4) is 0 Å². The van der Waals surface area contributed by atoms with Crippen LogP contribution in [0, 0.1) is 10.1 Å². The molecule has 0 aliphatic carbocycles. The van der Waals surface area contributed by atoms with Crippen molar-refractivity contribution in [2.24, 2.45) is 4.36 Å². The first-order chi connectivity index (χ1) is 8.20. The molecule has 0 N–H and O–H groups in total. The summed E-state index contributed by atoms with van der Waals surface area (Å²) in [7, 11) is 2.10. The van der Waals surface area contributed by atoms with E-state index in [0.29, 0.717) is 0 Å². The average molecular weight is 253 g/mol. The fraction of sp³-hybridized carbons (Fsp3) is 0.455. The Morgan fingerprint density at radius 3 is 2.35 bits per heavy atom. The molecule has 2 rings (SSSR count). The quantitative estimate of drug-likeness (QED) is 0.597. The van der Waals surface area contributed by atoms with Crippen molar-refractivity contribution < 1.29 is 4.92 Å². The molecule has 1 aromatic carbocycles. The second kappa shape index (κ2) is 5.27. The first kappa shape index (κ1) is 12.0. The number of benzene rings is 1. The van der Waals surface area contributed by atoms with Gasteiger partial charge in [0.1, 0.15) is 0 Å². The average Bonchev–Trinajstić information content (AvgIpc) is 2.39. The third kappa shape index (κ3) is 2.82. The van der Waals surface area contributed by atoms with Crippen LogP contribution in [0.1, 0.15) is 0 Å². The van der Waals surface area contributed by atoms with Gasteiger partial charge in [-0.2, -0.15) is 0 Å². The summed E-state index contributed by atoms with van der Waals surface area (Å²) in [6.45, 7) is 1.97. The Hall–Kier alpha value is -1.43. The van der Waals surface area contributed by atoms with E-state index in [9.17, 15) is 10.1 Å². The zero-order valence-corrected chi connectivity index (χ0v) is 10.5. The van der Waals surface area contributed by atoms with E-state index in [2.05, 4.69) is 9.26 Å². The zero-order valence-electron chi connectivity index (χ0n) is 9.70. The summed E-state index contributed by atoms with van der Waals surface area (Å²) < 4.78 is 4.32. The van der Waals surface area contributed by atoms with Gasteiger partial charge in [-0.05, 0) is 12.1 Å². The van der Waals surface area contributed by atoms with E-state index in [1.54, 1.807) is 12.1 Å². The van der Waals surface area contributed by atoms with Crippen LogP contribution < -0.4 is 4.90 Å². The third-order valence-corrected chi connectivity index (χ3v) is 4.70. The number of hydrogen-bond acceptors (Lipinski definition) is 4. The van der Waals surface area contributed by atoms with Gasteiger partial charge in [0, 0.05) is 49.5 Å². The molecule has 0 radical (unpaired) electrons. The molecule has 1 aromatic rings. The highest BCUT2D eigenvalue weighted by atomic mass is 32.2. The molecule has 6 heteroatoms. The fourth-order valence-electron chi connectivity index (χ4n) is 1.87. The van der Waals surface area contributed by atoms with E-state index in [1.807, 2.05) is 19.2 Å². The molecule has 1 fully saturated rings. The fourth-order valence-corrected chi connectivity index (χ4v) is 3.30. The van der Waals surface area contributed by atoms with Crippen LogP contribution >= 0.6 is 0 Å². The molecule has 5 nitrogen and oxygen atoms in total. The van der Waals surface area contributed by atoms with E-state index >= 15 is 0 Å². The van der Waals surface area contributed by atoms with E-state index < -0.39 is 0 Å². The van der Waals surface area contributed by atoms with Crippen molar-refractivity contribution in [1.82, 2.24) is 0 Å². The molecule has 92 valence electrons. The molecule has 1 aliphatic heterocycles. The molecule has 0 amide bonds. The molecule has 1 saturated heterocycles. The molecule has 0 saturated carbocycles. The Morgan fingerprint density at radius 1 is 1.29 bits per heavy atom. The molecule has 0 atom stereocenters. The predicted octanol–water partition coefficient (Wildman–Crippen LogP) is 1.85. The van der Waals surface area contributed by atoms with Crippen molar-refractivity contribution in [2.75, 3.05) is 36.5 Å². The van der Waals surface area contributed by atoms with Crippen LogP contribution in [-0.4, -0.2) is 36.6 Å². The standard InChI is InChI=1S/C11H15N3O2S/c1-12-17-8-6-13(7-9-17)10-2-4-11(5-3-10)14(15)16/h2-5H,6-9H2,1H3. The van der Waals surface area contributed by atoms with Crippen molar-refractivity contribution in [3.05, 3.63) is 34.4 Å². The van der Waals surface area contributed by atoms with Crippen LogP contribution in [0.15, 0.2) is 28.6 Å². The summed E-state index contributed by atoms with van der Waals surface area (Å²) in [5, 5.41) is 10.6. The lowest BCUT2D eigenvalue weighted by molar-refractivity contribution is -0.384. The Kier molecular flexibility index (Phi) is 3.73.